The van der Waals surface area contributed by atoms with Crippen LogP contribution in [0.3, 0.4) is 0 Å². The van der Waals surface area contributed by atoms with E-state index < -0.39 is 0 Å². The Balaban J connectivity index is 1.14. The van der Waals surface area contributed by atoms with Gasteiger partial charge in [-0.1, -0.05) is 36.4 Å². The Hall–Kier alpha value is -2.73. The Labute approximate surface area is 193 Å². The van der Waals surface area contributed by atoms with Gasteiger partial charge in [-0.2, -0.15) is 0 Å². The molecule has 3 heterocycles. The highest BCUT2D eigenvalue weighted by molar-refractivity contribution is 5.79. The van der Waals surface area contributed by atoms with Crippen molar-refractivity contribution in [2.24, 2.45) is 23.7 Å². The van der Waals surface area contributed by atoms with E-state index in [-0.39, 0.29) is 23.3 Å². The molecule has 5 fully saturated rings. The van der Waals surface area contributed by atoms with Crippen molar-refractivity contribution in [3.05, 3.63) is 66.1 Å². The van der Waals surface area contributed by atoms with E-state index in [0.717, 1.165) is 50.2 Å². The summed E-state index contributed by atoms with van der Waals surface area (Å²) in [5.41, 5.74) is 2.11. The lowest BCUT2D eigenvalue weighted by molar-refractivity contribution is -0.155. The zero-order valence-electron chi connectivity index (χ0n) is 18.8. The largest absolute Gasteiger partial charge is 0.393 e. The van der Waals surface area contributed by atoms with Gasteiger partial charge in [0.1, 0.15) is 5.82 Å². The molecule has 8 rings (SSSR count). The van der Waals surface area contributed by atoms with Crippen molar-refractivity contribution in [1.29, 1.82) is 0 Å². The number of rotatable bonds is 4. The molecule has 1 amide bonds. The molecule has 3 aromatic rings. The number of carbonyl (C=O) groups is 1. The number of hydrogen-bond donors (Lipinski definition) is 1. The molecule has 5 aliphatic rings. The molecule has 6 heteroatoms. The first-order valence-electron chi connectivity index (χ1n) is 12.4. The van der Waals surface area contributed by atoms with E-state index in [0.29, 0.717) is 30.1 Å². The Morgan fingerprint density at radius 1 is 0.939 bits per heavy atom. The van der Waals surface area contributed by atoms with Crippen molar-refractivity contribution >= 4 is 11.6 Å². The maximum Gasteiger partial charge on any atom is 0.223 e. The lowest BCUT2D eigenvalue weighted by atomic mass is 9.42. The maximum atomic E-state index is 13.7. The summed E-state index contributed by atoms with van der Waals surface area (Å²) in [5, 5.41) is 19.4. The Morgan fingerprint density at radius 2 is 1.61 bits per heavy atom. The fraction of sp³-hybridized carbons (Fsp3) is 0.519. The first kappa shape index (κ1) is 19.7. The molecule has 170 valence electrons. The van der Waals surface area contributed by atoms with Crippen LogP contribution in [0.5, 0.6) is 0 Å². The number of hydrogen-bond acceptors (Lipinski definition) is 4. The predicted molar refractivity (Wildman–Crippen MR) is 123 cm³/mol. The SMILES string of the molecule is O=C(CC1(c2ccccc2)C2CC3CC1CC(C2)C3O)N1CC(c2nnc3ccccn23)C1. The van der Waals surface area contributed by atoms with E-state index in [1.165, 1.54) is 5.56 Å². The number of likely N-dealkylation sites (tertiary alicyclic amines) is 1. The van der Waals surface area contributed by atoms with Crippen LogP contribution in [-0.4, -0.2) is 49.7 Å². The lowest BCUT2D eigenvalue weighted by Crippen LogP contribution is -2.62. The van der Waals surface area contributed by atoms with Gasteiger partial charge in [0, 0.05) is 31.1 Å². The van der Waals surface area contributed by atoms with Gasteiger partial charge in [-0.25, -0.2) is 0 Å². The predicted octanol–water partition coefficient (Wildman–Crippen LogP) is 3.41. The minimum atomic E-state index is -0.129. The Bertz CT molecular complexity index is 1170. The molecule has 2 aromatic heterocycles. The number of benzene rings is 1. The second-order valence-electron chi connectivity index (χ2n) is 10.9. The molecule has 4 aliphatic carbocycles. The van der Waals surface area contributed by atoms with Gasteiger partial charge in [0.15, 0.2) is 5.65 Å². The highest BCUT2D eigenvalue weighted by atomic mass is 16.3. The molecule has 1 saturated heterocycles. The topological polar surface area (TPSA) is 70.7 Å². The molecular formula is C27H30N4O2. The summed E-state index contributed by atoms with van der Waals surface area (Å²) < 4.78 is 2.04. The van der Waals surface area contributed by atoms with Crippen molar-refractivity contribution in [2.75, 3.05) is 13.1 Å². The molecule has 1 aliphatic heterocycles. The molecule has 1 N–H and O–H groups in total. The van der Waals surface area contributed by atoms with E-state index in [1.54, 1.807) is 0 Å². The second kappa shape index (κ2) is 7.13. The standard InChI is InChI=1S/C27H30N4O2/c32-24(30-15-19(16-30)26-29-28-23-8-4-5-9-31(23)26)14-27(20-6-2-1-3-7-20)21-10-17-11-22(27)13-18(12-21)25(17)33/h1-9,17-19,21-22,25,33H,10-16H2. The highest BCUT2D eigenvalue weighted by Gasteiger charge is 2.61. The van der Waals surface area contributed by atoms with Gasteiger partial charge in [-0.05, 0) is 67.1 Å². The van der Waals surface area contributed by atoms with Gasteiger partial charge in [0.2, 0.25) is 5.91 Å². The van der Waals surface area contributed by atoms with Crippen LogP contribution in [0.1, 0.15) is 49.4 Å². The number of fused-ring (bicyclic) bond motifs is 1. The van der Waals surface area contributed by atoms with Crippen LogP contribution in [-0.2, 0) is 10.2 Å². The third-order valence-corrected chi connectivity index (χ3v) is 9.47. The average Bonchev–Trinajstić information content (AvgIpc) is 3.21. The van der Waals surface area contributed by atoms with E-state index in [2.05, 4.69) is 40.5 Å². The Kier molecular flexibility index (Phi) is 4.26. The fourth-order valence-electron chi connectivity index (χ4n) is 7.92. The molecule has 6 nitrogen and oxygen atoms in total. The summed E-state index contributed by atoms with van der Waals surface area (Å²) in [6.45, 7) is 1.44. The molecule has 0 spiro atoms. The molecular weight excluding hydrogens is 412 g/mol. The average molecular weight is 443 g/mol. The quantitative estimate of drug-likeness (QED) is 0.672. The van der Waals surface area contributed by atoms with Crippen LogP contribution in [0.4, 0.5) is 0 Å². The summed E-state index contributed by atoms with van der Waals surface area (Å²) in [6, 6.07) is 16.7. The van der Waals surface area contributed by atoms with Gasteiger partial charge in [0.05, 0.1) is 12.0 Å². The van der Waals surface area contributed by atoms with Gasteiger partial charge >= 0.3 is 0 Å². The van der Waals surface area contributed by atoms with E-state index in [9.17, 15) is 9.90 Å². The normalized spacial score (nSPS) is 35.2. The smallest absolute Gasteiger partial charge is 0.223 e. The van der Waals surface area contributed by atoms with Gasteiger partial charge in [-0.15, -0.1) is 10.2 Å². The monoisotopic (exact) mass is 442 g/mol. The third-order valence-electron chi connectivity index (χ3n) is 9.47. The maximum absolute atomic E-state index is 13.7. The summed E-state index contributed by atoms with van der Waals surface area (Å²) in [5.74, 6) is 3.31. The van der Waals surface area contributed by atoms with Crippen LogP contribution in [0.15, 0.2) is 54.7 Å². The van der Waals surface area contributed by atoms with Crippen molar-refractivity contribution in [3.8, 4) is 0 Å². The number of nitrogens with zero attached hydrogens (tertiary/aromatic N) is 4. The molecule has 1 aromatic carbocycles. The van der Waals surface area contributed by atoms with E-state index in [1.807, 2.05) is 33.7 Å². The zero-order chi connectivity index (χ0) is 22.2. The van der Waals surface area contributed by atoms with Crippen LogP contribution < -0.4 is 0 Å². The van der Waals surface area contributed by atoms with Crippen molar-refractivity contribution < 1.29 is 9.90 Å². The molecule has 0 unspecified atom stereocenters. The van der Waals surface area contributed by atoms with Crippen LogP contribution in [0.25, 0.3) is 5.65 Å². The molecule has 4 bridgehead atoms. The van der Waals surface area contributed by atoms with Gasteiger partial charge in [0.25, 0.3) is 0 Å². The summed E-state index contributed by atoms with van der Waals surface area (Å²) in [7, 11) is 0. The Morgan fingerprint density at radius 3 is 2.30 bits per heavy atom. The number of aliphatic hydroxyl groups excluding tert-OH is 1. The van der Waals surface area contributed by atoms with Crippen LogP contribution in [0.2, 0.25) is 0 Å². The first-order chi connectivity index (χ1) is 16.1. The van der Waals surface area contributed by atoms with Crippen LogP contribution in [0, 0.1) is 23.7 Å². The molecule has 0 radical (unpaired) electrons. The first-order valence-corrected chi connectivity index (χ1v) is 12.4. The molecule has 4 saturated carbocycles. The molecule has 33 heavy (non-hydrogen) atoms. The number of pyridine rings is 1. The lowest BCUT2D eigenvalue weighted by Gasteiger charge is -2.63. The van der Waals surface area contributed by atoms with Gasteiger partial charge in [-0.3, -0.25) is 9.20 Å². The number of amides is 1. The number of aliphatic hydroxyl groups is 1. The summed E-state index contributed by atoms with van der Waals surface area (Å²) >= 11 is 0. The molecule has 0 atom stereocenters. The number of aromatic nitrogens is 3. The van der Waals surface area contributed by atoms with Crippen LogP contribution >= 0.6 is 0 Å². The zero-order valence-corrected chi connectivity index (χ0v) is 18.8. The summed E-state index contributed by atoms with van der Waals surface area (Å²) in [4.78, 5) is 15.7. The van der Waals surface area contributed by atoms with Gasteiger partial charge < -0.3 is 10.0 Å². The van der Waals surface area contributed by atoms with E-state index >= 15 is 0 Å². The highest BCUT2D eigenvalue weighted by Crippen LogP contribution is 2.64. The van der Waals surface area contributed by atoms with E-state index in [4.69, 9.17) is 0 Å². The van der Waals surface area contributed by atoms with Crippen molar-refractivity contribution in [3.63, 3.8) is 0 Å². The van der Waals surface area contributed by atoms with Crippen molar-refractivity contribution in [2.45, 2.75) is 49.5 Å². The second-order valence-corrected chi connectivity index (χ2v) is 10.9. The van der Waals surface area contributed by atoms with Crippen molar-refractivity contribution in [1.82, 2.24) is 19.5 Å². The number of carbonyl (C=O) groups excluding carboxylic acids is 1. The third kappa shape index (κ3) is 2.79. The minimum absolute atomic E-state index is 0.0852. The summed E-state index contributed by atoms with van der Waals surface area (Å²) in [6.07, 6.45) is 6.71. The minimum Gasteiger partial charge on any atom is -0.393 e. The fourth-order valence-corrected chi connectivity index (χ4v) is 7.92.